The molecule has 2 rings (SSSR count). The zero-order chi connectivity index (χ0) is 16.1. The van der Waals surface area contributed by atoms with Crippen molar-refractivity contribution < 1.29 is 0 Å². The summed E-state index contributed by atoms with van der Waals surface area (Å²) in [5.41, 5.74) is 13.6. The second-order valence-corrected chi connectivity index (χ2v) is 6.84. The van der Waals surface area contributed by atoms with Gasteiger partial charge in [-0.3, -0.25) is 0 Å². The summed E-state index contributed by atoms with van der Waals surface area (Å²) < 4.78 is 0. The van der Waals surface area contributed by atoms with Crippen LogP contribution in [-0.2, 0) is 0 Å². The van der Waals surface area contributed by atoms with E-state index < -0.39 is 0 Å². The van der Waals surface area contributed by atoms with E-state index in [0.717, 1.165) is 0 Å². The Morgan fingerprint density at radius 2 is 1.00 bits per heavy atom. The highest BCUT2D eigenvalue weighted by Crippen LogP contribution is 2.48. The van der Waals surface area contributed by atoms with Crippen LogP contribution in [-0.4, -0.2) is 0 Å². The van der Waals surface area contributed by atoms with Gasteiger partial charge < -0.3 is 0 Å². The Morgan fingerprint density at radius 3 is 1.19 bits per heavy atom. The van der Waals surface area contributed by atoms with E-state index in [4.69, 9.17) is 0 Å². The first-order valence-electron chi connectivity index (χ1n) is 8.18. The van der Waals surface area contributed by atoms with Crippen LogP contribution in [0.4, 0.5) is 0 Å². The van der Waals surface area contributed by atoms with Gasteiger partial charge in [0.05, 0.1) is 0 Å². The van der Waals surface area contributed by atoms with Gasteiger partial charge in [0.1, 0.15) is 0 Å². The zero-order valence-electron chi connectivity index (χ0n) is 15.2. The predicted molar refractivity (Wildman–Crippen MR) is 94.2 cm³/mol. The summed E-state index contributed by atoms with van der Waals surface area (Å²) in [7, 11) is 0. The lowest BCUT2D eigenvalue weighted by atomic mass is 9.82. The van der Waals surface area contributed by atoms with Crippen LogP contribution in [0.1, 0.15) is 62.3 Å². The van der Waals surface area contributed by atoms with E-state index in [1.54, 1.807) is 11.1 Å². The molecule has 0 fully saturated rings. The van der Waals surface area contributed by atoms with Gasteiger partial charge >= 0.3 is 0 Å². The highest BCUT2D eigenvalue weighted by Gasteiger charge is 2.32. The van der Waals surface area contributed by atoms with Crippen molar-refractivity contribution in [1.82, 2.24) is 0 Å². The molecule has 0 N–H and O–H groups in total. The molecule has 0 spiro atoms. The highest BCUT2D eigenvalue weighted by atomic mass is 14.4. The van der Waals surface area contributed by atoms with E-state index in [9.17, 15) is 0 Å². The molecule has 0 saturated carbocycles. The van der Waals surface area contributed by atoms with Crippen LogP contribution in [0.2, 0.25) is 0 Å². The van der Waals surface area contributed by atoms with Gasteiger partial charge in [-0.15, -0.1) is 0 Å². The van der Waals surface area contributed by atoms with Crippen LogP contribution >= 0.6 is 0 Å². The van der Waals surface area contributed by atoms with Crippen molar-refractivity contribution in [2.75, 3.05) is 0 Å². The predicted octanol–water partition coefficient (Wildman–Crippen LogP) is 6.54. The number of allylic oxidation sites excluding steroid dienone is 10. The molecular weight excluding hydrogens is 252 g/mol. The third kappa shape index (κ3) is 2.20. The molecular formula is C21H30. The average molecular weight is 282 g/mol. The van der Waals surface area contributed by atoms with Crippen LogP contribution in [0.3, 0.4) is 0 Å². The van der Waals surface area contributed by atoms with Crippen LogP contribution in [0, 0.1) is 11.8 Å². The maximum Gasteiger partial charge on any atom is 0.00315 e. The van der Waals surface area contributed by atoms with Gasteiger partial charge in [0, 0.05) is 11.8 Å². The van der Waals surface area contributed by atoms with Crippen molar-refractivity contribution in [2.45, 2.75) is 62.3 Å². The Balaban J connectivity index is 2.56. The van der Waals surface area contributed by atoms with Crippen molar-refractivity contribution in [2.24, 2.45) is 11.8 Å². The van der Waals surface area contributed by atoms with Crippen molar-refractivity contribution in [1.29, 1.82) is 0 Å². The van der Waals surface area contributed by atoms with Gasteiger partial charge in [-0.1, -0.05) is 31.1 Å². The second-order valence-electron chi connectivity index (χ2n) is 6.84. The summed E-state index contributed by atoms with van der Waals surface area (Å²) in [5, 5.41) is 0. The van der Waals surface area contributed by atoms with Gasteiger partial charge in [0.2, 0.25) is 0 Å². The van der Waals surface area contributed by atoms with Crippen LogP contribution < -0.4 is 0 Å². The summed E-state index contributed by atoms with van der Waals surface area (Å²) >= 11 is 0. The molecule has 21 heavy (non-hydrogen) atoms. The molecule has 0 aromatic carbocycles. The minimum atomic E-state index is 0.546. The third-order valence-electron chi connectivity index (χ3n) is 6.15. The van der Waals surface area contributed by atoms with Crippen molar-refractivity contribution in [3.8, 4) is 0 Å². The molecule has 2 aliphatic rings. The van der Waals surface area contributed by atoms with Crippen molar-refractivity contribution >= 4 is 0 Å². The largest absolute Gasteiger partial charge is 0.0798 e. The van der Waals surface area contributed by atoms with Gasteiger partial charge in [-0.05, 0) is 87.5 Å². The third-order valence-corrected chi connectivity index (χ3v) is 6.15. The monoisotopic (exact) mass is 282 g/mol. The molecule has 0 radical (unpaired) electrons. The van der Waals surface area contributed by atoms with Gasteiger partial charge in [0.15, 0.2) is 0 Å². The Bertz CT molecular complexity index is 588. The summed E-state index contributed by atoms with van der Waals surface area (Å²) in [4.78, 5) is 0. The molecule has 2 atom stereocenters. The second kappa shape index (κ2) is 5.48. The Hall–Kier alpha value is -1.30. The van der Waals surface area contributed by atoms with Gasteiger partial charge in [-0.2, -0.15) is 0 Å². The maximum atomic E-state index is 2.36. The molecule has 2 aliphatic carbocycles. The molecule has 0 aromatic rings. The lowest BCUT2D eigenvalue weighted by Gasteiger charge is -2.22. The van der Waals surface area contributed by atoms with Crippen molar-refractivity contribution in [3.05, 3.63) is 56.2 Å². The van der Waals surface area contributed by atoms with Crippen molar-refractivity contribution in [3.63, 3.8) is 0 Å². The van der Waals surface area contributed by atoms with E-state index in [2.05, 4.69) is 68.4 Å². The summed E-state index contributed by atoms with van der Waals surface area (Å²) in [6.45, 7) is 20.6. The van der Waals surface area contributed by atoms with Crippen LogP contribution in [0.5, 0.6) is 0 Å². The molecule has 0 heterocycles. The minimum Gasteiger partial charge on any atom is -0.0798 e. The molecule has 0 heteroatoms. The summed E-state index contributed by atoms with van der Waals surface area (Å²) in [6, 6.07) is 0. The average Bonchev–Trinajstić information content (AvgIpc) is 2.77. The molecule has 0 nitrogen and oxygen atoms in total. The van der Waals surface area contributed by atoms with Gasteiger partial charge in [0.25, 0.3) is 0 Å². The van der Waals surface area contributed by atoms with Crippen LogP contribution in [0.25, 0.3) is 0 Å². The maximum absolute atomic E-state index is 2.36. The molecule has 0 aliphatic heterocycles. The fraction of sp³-hybridized carbons (Fsp3) is 0.524. The molecule has 0 bridgehead atoms. The minimum absolute atomic E-state index is 0.546. The lowest BCUT2D eigenvalue weighted by molar-refractivity contribution is 0.784. The smallest absolute Gasteiger partial charge is 0.00315 e. The quantitative estimate of drug-likeness (QED) is 0.539. The number of hydrogen-bond acceptors (Lipinski definition) is 0. The van der Waals surface area contributed by atoms with E-state index in [0.29, 0.717) is 11.8 Å². The molecule has 0 aromatic heterocycles. The molecule has 0 amide bonds. The first kappa shape index (κ1) is 16.1. The molecule has 0 saturated heterocycles. The molecule has 114 valence electrons. The van der Waals surface area contributed by atoms with E-state index in [-0.39, 0.29) is 0 Å². The Kier molecular flexibility index (Phi) is 4.19. The number of hydrogen-bond donors (Lipinski definition) is 0. The van der Waals surface area contributed by atoms with Gasteiger partial charge in [-0.25, -0.2) is 0 Å². The SMILES string of the molecule is CC=C(C1=C(C)C(C)=C(C)C1C)C1=C(C)C(C)=C(C)C1C. The molecule has 2 unspecified atom stereocenters. The lowest BCUT2D eigenvalue weighted by Crippen LogP contribution is -2.08. The Labute approximate surface area is 131 Å². The first-order chi connectivity index (χ1) is 9.73. The van der Waals surface area contributed by atoms with E-state index in [1.165, 1.54) is 39.0 Å². The topological polar surface area (TPSA) is 0 Å². The van der Waals surface area contributed by atoms with Crippen LogP contribution in [0.15, 0.2) is 56.2 Å². The standard InChI is InChI=1S/C21H30/c1-10-19(20-15(6)11(2)12(3)16(20)7)21-17(8)13(4)14(5)18(21)9/h10,15,17H,1-9H3. The highest BCUT2D eigenvalue weighted by molar-refractivity contribution is 5.65. The summed E-state index contributed by atoms with van der Waals surface area (Å²) in [6.07, 6.45) is 2.34. The Morgan fingerprint density at radius 1 is 0.667 bits per heavy atom. The van der Waals surface area contributed by atoms with E-state index >= 15 is 0 Å². The zero-order valence-corrected chi connectivity index (χ0v) is 15.2. The summed E-state index contributed by atoms with van der Waals surface area (Å²) in [5.74, 6) is 1.09. The fourth-order valence-electron chi connectivity index (χ4n) is 4.05. The normalized spacial score (nSPS) is 26.5. The van der Waals surface area contributed by atoms with E-state index in [1.807, 2.05) is 0 Å². The number of rotatable bonds is 2. The fourth-order valence-corrected chi connectivity index (χ4v) is 4.05. The first-order valence-corrected chi connectivity index (χ1v) is 8.18.